The van der Waals surface area contributed by atoms with Crippen LogP contribution in [0.5, 0.6) is 0 Å². The van der Waals surface area contributed by atoms with Gasteiger partial charge >= 0.3 is 5.97 Å². The molecule has 0 rings (SSSR count). The topological polar surface area (TPSA) is 95.5 Å². The molecule has 2 N–H and O–H groups in total. The highest BCUT2D eigenvalue weighted by Crippen LogP contribution is 2.18. The molecule has 0 heterocycles. The molecule has 0 aliphatic rings. The van der Waals surface area contributed by atoms with Crippen molar-refractivity contribution in [2.45, 2.75) is 31.9 Å². The molecule has 130 valence electrons. The first-order valence-corrected chi connectivity index (χ1v) is 9.01. The fraction of sp³-hybridized carbons (Fsp3) is 0.769. The van der Waals surface area contributed by atoms with E-state index in [1.807, 2.05) is 20.1 Å². The van der Waals surface area contributed by atoms with Crippen LogP contribution in [0, 0.1) is 0 Å². The van der Waals surface area contributed by atoms with E-state index in [0.717, 1.165) is 12.2 Å². The zero-order valence-corrected chi connectivity index (χ0v) is 15.4. The molecule has 0 saturated carbocycles. The van der Waals surface area contributed by atoms with Crippen LogP contribution in [0.25, 0.3) is 0 Å². The zero-order chi connectivity index (χ0) is 17.4. The number of hydrogen-bond donors (Lipinski definition) is 1. The molecule has 0 radical (unpaired) electrons. The van der Waals surface area contributed by atoms with E-state index in [1.54, 1.807) is 23.5 Å². The molecule has 7 nitrogen and oxygen atoms in total. The van der Waals surface area contributed by atoms with Crippen molar-refractivity contribution in [2.75, 3.05) is 30.8 Å². The van der Waals surface area contributed by atoms with Gasteiger partial charge in [-0.3, -0.25) is 4.79 Å². The molecule has 0 spiro atoms. The summed E-state index contributed by atoms with van der Waals surface area (Å²) in [6.45, 7) is 10.3. The maximum Gasteiger partial charge on any atom is 0.323 e. The van der Waals surface area contributed by atoms with Gasteiger partial charge in [-0.15, -0.1) is 22.1 Å². The Hall–Kier alpha value is -0.930. The molecule has 1 atom stereocenters. The highest BCUT2D eigenvalue weighted by atomic mass is 32.2. The number of methoxy groups -OCH3 is 1. The molecule has 0 aromatic heterocycles. The lowest BCUT2D eigenvalue weighted by atomic mass is 10.1. The second kappa shape index (κ2) is 15.0. The lowest BCUT2D eigenvalue weighted by Crippen LogP contribution is -2.34. The Morgan fingerprint density at radius 2 is 2.00 bits per heavy atom. The Balaban J connectivity index is 0. The van der Waals surface area contributed by atoms with Crippen molar-refractivity contribution >= 4 is 42.9 Å². The van der Waals surface area contributed by atoms with Crippen LogP contribution >= 0.6 is 23.5 Å². The first-order valence-electron chi connectivity index (χ1n) is 6.46. The van der Waals surface area contributed by atoms with E-state index in [4.69, 9.17) is 10.6 Å². The van der Waals surface area contributed by atoms with Gasteiger partial charge in [0, 0.05) is 19.2 Å². The number of rotatable bonds is 11. The zero-order valence-electron chi connectivity index (χ0n) is 13.7. The van der Waals surface area contributed by atoms with Crippen molar-refractivity contribution in [3.63, 3.8) is 0 Å². The summed E-state index contributed by atoms with van der Waals surface area (Å²) in [6.07, 6.45) is 2.75. The van der Waals surface area contributed by atoms with Gasteiger partial charge in [0.05, 0.1) is 7.11 Å². The molecule has 22 heavy (non-hydrogen) atoms. The van der Waals surface area contributed by atoms with Crippen LogP contribution in [0.1, 0.15) is 20.3 Å². The Morgan fingerprint density at radius 1 is 1.36 bits per heavy atom. The summed E-state index contributed by atoms with van der Waals surface area (Å²) in [5, 5.41) is 6.56. The lowest BCUT2D eigenvalue weighted by Gasteiger charge is -2.21. The van der Waals surface area contributed by atoms with Crippen LogP contribution in [-0.2, 0) is 19.2 Å². The molecule has 0 aromatic rings. The van der Waals surface area contributed by atoms with Crippen LogP contribution in [0.2, 0.25) is 0 Å². The van der Waals surface area contributed by atoms with Crippen molar-refractivity contribution in [3.8, 4) is 0 Å². The van der Waals surface area contributed by atoms with Crippen molar-refractivity contribution in [1.29, 1.82) is 0 Å². The summed E-state index contributed by atoms with van der Waals surface area (Å²) in [6, 6.07) is -0.559. The summed E-state index contributed by atoms with van der Waals surface area (Å²) in [5.41, 5.74) is 5.25. The summed E-state index contributed by atoms with van der Waals surface area (Å²) in [4.78, 5) is 20.5. The van der Waals surface area contributed by atoms with E-state index in [1.165, 1.54) is 7.11 Å². The second-order valence-electron chi connectivity index (χ2n) is 4.60. The average molecular weight is 354 g/mol. The van der Waals surface area contributed by atoms with E-state index in [0.29, 0.717) is 11.7 Å². The summed E-state index contributed by atoms with van der Waals surface area (Å²) in [7, 11) is 1.33. The minimum Gasteiger partial charge on any atom is -0.468 e. The molecule has 0 fully saturated rings. The molecule has 0 amide bonds. The number of carbonyl (C=O) groups is 1. The third-order valence-corrected chi connectivity index (χ3v) is 3.65. The van der Waals surface area contributed by atoms with E-state index < -0.39 is 6.04 Å². The standard InChI is InChI=1S/C10H20N2O3S.C3H7NOS/c1-10(2,15-12-3)5-6-16-7-8(11)9(13)14-4;1-4-5-3-6-2/h8H,3,5-7,11H2,1-2,4H3;1,3H2,2H3. The molecule has 0 bridgehead atoms. The highest BCUT2D eigenvalue weighted by Gasteiger charge is 2.20. The molecule has 0 aliphatic carbocycles. The molecular weight excluding hydrogens is 326 g/mol. The number of carbonyl (C=O) groups excluding carboxylic acids is 1. The molecule has 0 aromatic carbocycles. The van der Waals surface area contributed by atoms with E-state index in [2.05, 4.69) is 33.3 Å². The molecular formula is C13H27N3O4S2. The van der Waals surface area contributed by atoms with Gasteiger partial charge in [0.1, 0.15) is 11.6 Å². The Kier molecular flexibility index (Phi) is 15.9. The Labute approximate surface area is 141 Å². The first kappa shape index (κ1) is 23.3. The highest BCUT2D eigenvalue weighted by molar-refractivity contribution is 7.99. The second-order valence-corrected chi connectivity index (χ2v) is 6.56. The van der Waals surface area contributed by atoms with Gasteiger partial charge in [0.15, 0.2) is 5.94 Å². The Morgan fingerprint density at radius 3 is 2.41 bits per heavy atom. The number of ether oxygens (including phenoxy) is 1. The lowest BCUT2D eigenvalue weighted by molar-refractivity contribution is -0.141. The smallest absolute Gasteiger partial charge is 0.323 e. The van der Waals surface area contributed by atoms with Crippen LogP contribution < -0.4 is 5.73 Å². The number of hydrogen-bond acceptors (Lipinski definition) is 9. The third kappa shape index (κ3) is 15.5. The Bertz CT molecular complexity index is 318. The monoisotopic (exact) mass is 353 g/mol. The molecule has 1 unspecified atom stereocenters. The fourth-order valence-electron chi connectivity index (χ4n) is 1.06. The van der Waals surface area contributed by atoms with Crippen LogP contribution in [-0.4, -0.2) is 61.9 Å². The van der Waals surface area contributed by atoms with Crippen LogP contribution in [0.15, 0.2) is 10.3 Å². The van der Waals surface area contributed by atoms with Crippen molar-refractivity contribution in [1.82, 2.24) is 0 Å². The maximum absolute atomic E-state index is 11.0. The van der Waals surface area contributed by atoms with Gasteiger partial charge in [0.25, 0.3) is 0 Å². The van der Waals surface area contributed by atoms with Gasteiger partial charge in [0.2, 0.25) is 0 Å². The predicted molar refractivity (Wildman–Crippen MR) is 95.7 cm³/mol. The largest absolute Gasteiger partial charge is 0.468 e. The van der Waals surface area contributed by atoms with Gasteiger partial charge in [-0.1, -0.05) is 0 Å². The number of nitrogens with zero attached hydrogens (tertiary/aromatic N) is 2. The number of esters is 1. The van der Waals surface area contributed by atoms with Crippen molar-refractivity contribution in [3.05, 3.63) is 0 Å². The third-order valence-electron chi connectivity index (χ3n) is 2.22. The van der Waals surface area contributed by atoms with Crippen molar-refractivity contribution < 1.29 is 19.2 Å². The number of thioether (sulfide) groups is 2. The van der Waals surface area contributed by atoms with E-state index >= 15 is 0 Å². The summed E-state index contributed by atoms with van der Waals surface area (Å²) < 4.78 is 4.52. The number of nitrogens with two attached hydrogens (primary N) is 1. The fourth-order valence-corrected chi connectivity index (χ4v) is 2.43. The van der Waals surface area contributed by atoms with Gasteiger partial charge in [-0.25, -0.2) is 0 Å². The normalized spacial score (nSPS) is 11.5. The minimum atomic E-state index is -0.559. The van der Waals surface area contributed by atoms with Crippen LogP contribution in [0.3, 0.4) is 0 Å². The van der Waals surface area contributed by atoms with Crippen LogP contribution in [0.4, 0.5) is 0 Å². The van der Waals surface area contributed by atoms with E-state index in [-0.39, 0.29) is 11.6 Å². The molecule has 0 aliphatic heterocycles. The van der Waals surface area contributed by atoms with E-state index in [9.17, 15) is 4.79 Å². The SMILES string of the molecule is C=NOC(C)(C)CCSCC(N)C(=O)OC.C=NOCSC. The average Bonchev–Trinajstić information content (AvgIpc) is 2.49. The summed E-state index contributed by atoms with van der Waals surface area (Å²) >= 11 is 3.16. The quantitative estimate of drug-likeness (QED) is 0.199. The summed E-state index contributed by atoms with van der Waals surface area (Å²) in [5.74, 6) is 1.61. The number of oxime groups is 2. The first-order chi connectivity index (χ1) is 10.3. The van der Waals surface area contributed by atoms with Gasteiger partial charge in [-0.05, 0) is 32.3 Å². The van der Waals surface area contributed by atoms with Gasteiger partial charge in [-0.2, -0.15) is 11.8 Å². The minimum absolute atomic E-state index is 0.329. The molecule has 0 saturated heterocycles. The van der Waals surface area contributed by atoms with Crippen molar-refractivity contribution in [2.24, 2.45) is 16.0 Å². The van der Waals surface area contributed by atoms with Gasteiger partial charge < -0.3 is 20.1 Å². The maximum atomic E-state index is 11.0. The molecule has 9 heteroatoms. The predicted octanol–water partition coefficient (Wildman–Crippen LogP) is 1.96.